The van der Waals surface area contributed by atoms with Gasteiger partial charge in [0.15, 0.2) is 0 Å². The van der Waals surface area contributed by atoms with Crippen LogP contribution >= 0.6 is 11.6 Å². The van der Waals surface area contributed by atoms with Crippen molar-refractivity contribution < 1.29 is 13.9 Å². The fourth-order valence-corrected chi connectivity index (χ4v) is 2.16. The topological polar surface area (TPSA) is 49.5 Å². The Hall–Kier alpha value is -0.750. The average Bonchev–Trinajstić information content (AvgIpc) is 2.32. The molecule has 1 aromatic rings. The van der Waals surface area contributed by atoms with Gasteiger partial charge in [0, 0.05) is 24.2 Å². The molecule has 0 heterocycles. The number of rotatable bonds is 7. The van der Waals surface area contributed by atoms with Crippen molar-refractivity contribution >= 4 is 11.6 Å². The molecule has 102 valence electrons. The zero-order valence-electron chi connectivity index (χ0n) is 9.90. The van der Waals surface area contributed by atoms with Gasteiger partial charge in [0.1, 0.15) is 0 Å². The van der Waals surface area contributed by atoms with E-state index in [1.807, 2.05) is 0 Å². The first-order chi connectivity index (χ1) is 8.60. The Morgan fingerprint density at radius 3 is 2.50 bits per heavy atom. The molecular weight excluding hydrogens is 262 g/mol. The Balaban J connectivity index is 2.94. The Labute approximate surface area is 110 Å². The van der Waals surface area contributed by atoms with Crippen LogP contribution in [0.25, 0.3) is 0 Å². The lowest BCUT2D eigenvalue weighted by atomic mass is 10.1. The number of alkyl halides is 2. The average molecular weight is 279 g/mol. The van der Waals surface area contributed by atoms with Crippen LogP contribution in [0, 0.1) is 0 Å². The molecule has 0 amide bonds. The van der Waals surface area contributed by atoms with Gasteiger partial charge in [-0.3, -0.25) is 4.90 Å². The van der Waals surface area contributed by atoms with E-state index in [0.717, 1.165) is 0 Å². The second-order valence-corrected chi connectivity index (χ2v) is 4.29. The highest BCUT2D eigenvalue weighted by Gasteiger charge is 2.23. The molecule has 0 aliphatic rings. The van der Waals surface area contributed by atoms with Gasteiger partial charge in [-0.05, 0) is 11.6 Å². The summed E-state index contributed by atoms with van der Waals surface area (Å²) in [5.41, 5.74) is 6.36. The molecule has 1 atom stereocenters. The summed E-state index contributed by atoms with van der Waals surface area (Å²) in [5.74, 6) is 0. The zero-order chi connectivity index (χ0) is 13.5. The van der Waals surface area contributed by atoms with Crippen LogP contribution < -0.4 is 5.73 Å². The molecule has 1 rings (SSSR count). The molecule has 1 unspecified atom stereocenters. The summed E-state index contributed by atoms with van der Waals surface area (Å²) in [4.78, 5) is 1.45. The van der Waals surface area contributed by atoms with Crippen LogP contribution in [-0.4, -0.2) is 42.7 Å². The Morgan fingerprint density at radius 2 is 2.00 bits per heavy atom. The standard InChI is InChI=1S/C12H17ClF2N2O/c13-10-4-2-1-3-9(10)11(7-16)17(5-6-18)8-12(14)15/h1-4,11-12,18H,5-8,16H2. The molecule has 0 aromatic heterocycles. The molecule has 0 fully saturated rings. The van der Waals surface area contributed by atoms with E-state index in [4.69, 9.17) is 22.4 Å². The quantitative estimate of drug-likeness (QED) is 0.801. The van der Waals surface area contributed by atoms with E-state index >= 15 is 0 Å². The highest BCUT2D eigenvalue weighted by Crippen LogP contribution is 2.27. The summed E-state index contributed by atoms with van der Waals surface area (Å²) in [5, 5.41) is 9.44. The lowest BCUT2D eigenvalue weighted by Gasteiger charge is -2.30. The van der Waals surface area contributed by atoms with E-state index in [2.05, 4.69) is 0 Å². The smallest absolute Gasteiger partial charge is 0.251 e. The molecule has 0 bridgehead atoms. The van der Waals surface area contributed by atoms with Crippen molar-refractivity contribution in [3.05, 3.63) is 34.9 Å². The zero-order valence-corrected chi connectivity index (χ0v) is 10.7. The Kier molecular flexibility index (Phi) is 6.49. The molecule has 1 aromatic carbocycles. The monoisotopic (exact) mass is 278 g/mol. The summed E-state index contributed by atoms with van der Waals surface area (Å²) in [6.45, 7) is -0.338. The van der Waals surface area contributed by atoms with Gasteiger partial charge in [0.25, 0.3) is 6.43 Å². The predicted molar refractivity (Wildman–Crippen MR) is 67.9 cm³/mol. The van der Waals surface area contributed by atoms with Gasteiger partial charge in [0.2, 0.25) is 0 Å². The number of halogens is 3. The van der Waals surface area contributed by atoms with Crippen molar-refractivity contribution in [1.82, 2.24) is 4.90 Å². The molecule has 0 radical (unpaired) electrons. The van der Waals surface area contributed by atoms with Crippen molar-refractivity contribution in [2.24, 2.45) is 5.73 Å². The maximum atomic E-state index is 12.5. The van der Waals surface area contributed by atoms with Crippen molar-refractivity contribution in [1.29, 1.82) is 0 Å². The number of aliphatic hydroxyl groups excluding tert-OH is 1. The van der Waals surface area contributed by atoms with Crippen LogP contribution in [0.15, 0.2) is 24.3 Å². The van der Waals surface area contributed by atoms with E-state index in [1.165, 1.54) is 4.90 Å². The SMILES string of the molecule is NCC(c1ccccc1Cl)N(CCO)CC(F)F. The van der Waals surface area contributed by atoms with Crippen LogP contribution in [0.4, 0.5) is 8.78 Å². The third kappa shape index (κ3) is 4.17. The molecule has 18 heavy (non-hydrogen) atoms. The second kappa shape index (κ2) is 7.63. The van der Waals surface area contributed by atoms with Gasteiger partial charge in [-0.2, -0.15) is 0 Å². The fourth-order valence-electron chi connectivity index (χ4n) is 1.90. The van der Waals surface area contributed by atoms with Gasteiger partial charge in [0.05, 0.1) is 13.2 Å². The number of nitrogens with two attached hydrogens (primary N) is 1. The summed E-state index contributed by atoms with van der Waals surface area (Å²) >= 11 is 6.05. The number of hydrogen-bond donors (Lipinski definition) is 2. The molecule has 0 aliphatic carbocycles. The first kappa shape index (κ1) is 15.3. The molecule has 3 N–H and O–H groups in total. The molecule has 3 nitrogen and oxygen atoms in total. The highest BCUT2D eigenvalue weighted by atomic mass is 35.5. The van der Waals surface area contributed by atoms with Crippen molar-refractivity contribution in [3.63, 3.8) is 0 Å². The van der Waals surface area contributed by atoms with Crippen LogP contribution in [-0.2, 0) is 0 Å². The minimum atomic E-state index is -2.48. The van der Waals surface area contributed by atoms with Gasteiger partial charge in [-0.15, -0.1) is 0 Å². The Bertz CT molecular complexity index is 366. The molecular formula is C12H17ClF2N2O. The molecule has 0 saturated carbocycles. The lowest BCUT2D eigenvalue weighted by Crippen LogP contribution is -2.39. The minimum Gasteiger partial charge on any atom is -0.395 e. The summed E-state index contributed by atoms with van der Waals surface area (Å²) in [6, 6.07) is 6.58. The lowest BCUT2D eigenvalue weighted by molar-refractivity contribution is 0.0562. The van der Waals surface area contributed by atoms with E-state index in [0.29, 0.717) is 10.6 Å². The van der Waals surface area contributed by atoms with Crippen LogP contribution in [0.2, 0.25) is 5.02 Å². The first-order valence-corrected chi connectivity index (χ1v) is 6.05. The summed E-state index contributed by atoms with van der Waals surface area (Å²) in [6.07, 6.45) is -2.48. The van der Waals surface area contributed by atoms with E-state index in [9.17, 15) is 8.78 Å². The summed E-state index contributed by atoms with van der Waals surface area (Å²) in [7, 11) is 0. The molecule has 0 saturated heterocycles. The highest BCUT2D eigenvalue weighted by molar-refractivity contribution is 6.31. The number of hydrogen-bond acceptors (Lipinski definition) is 3. The number of benzene rings is 1. The molecule has 6 heteroatoms. The maximum absolute atomic E-state index is 12.5. The normalized spacial score (nSPS) is 13.3. The predicted octanol–water partition coefficient (Wildman–Crippen LogP) is 1.90. The Morgan fingerprint density at radius 1 is 1.33 bits per heavy atom. The van der Waals surface area contributed by atoms with E-state index in [1.54, 1.807) is 24.3 Å². The summed E-state index contributed by atoms with van der Waals surface area (Å²) < 4.78 is 25.0. The van der Waals surface area contributed by atoms with Crippen molar-refractivity contribution in [3.8, 4) is 0 Å². The minimum absolute atomic E-state index is 0.136. The third-order valence-corrected chi connectivity index (χ3v) is 3.03. The van der Waals surface area contributed by atoms with Crippen molar-refractivity contribution in [2.75, 3.05) is 26.2 Å². The van der Waals surface area contributed by atoms with Crippen LogP contribution in [0.5, 0.6) is 0 Å². The number of nitrogens with zero attached hydrogens (tertiary/aromatic N) is 1. The third-order valence-electron chi connectivity index (χ3n) is 2.69. The van der Waals surface area contributed by atoms with E-state index < -0.39 is 19.0 Å². The van der Waals surface area contributed by atoms with Crippen LogP contribution in [0.1, 0.15) is 11.6 Å². The molecule has 0 spiro atoms. The fraction of sp³-hybridized carbons (Fsp3) is 0.500. The van der Waals surface area contributed by atoms with Gasteiger partial charge >= 0.3 is 0 Å². The first-order valence-electron chi connectivity index (χ1n) is 5.67. The molecule has 0 aliphatic heterocycles. The largest absolute Gasteiger partial charge is 0.395 e. The van der Waals surface area contributed by atoms with Gasteiger partial charge < -0.3 is 10.8 Å². The van der Waals surface area contributed by atoms with Gasteiger partial charge in [-0.25, -0.2) is 8.78 Å². The second-order valence-electron chi connectivity index (χ2n) is 3.88. The maximum Gasteiger partial charge on any atom is 0.251 e. The van der Waals surface area contributed by atoms with E-state index in [-0.39, 0.29) is 19.7 Å². The number of aliphatic hydroxyl groups is 1. The van der Waals surface area contributed by atoms with Crippen molar-refractivity contribution in [2.45, 2.75) is 12.5 Å². The van der Waals surface area contributed by atoms with Crippen LogP contribution in [0.3, 0.4) is 0 Å². The van der Waals surface area contributed by atoms with Gasteiger partial charge in [-0.1, -0.05) is 29.8 Å².